The van der Waals surface area contributed by atoms with Gasteiger partial charge in [0.25, 0.3) is 5.56 Å². The molecule has 0 radical (unpaired) electrons. The molecule has 2 aromatic heterocycles. The average Bonchev–Trinajstić information content (AvgIpc) is 2.84. The summed E-state index contributed by atoms with van der Waals surface area (Å²) in [5.41, 5.74) is 4.32. The van der Waals surface area contributed by atoms with Crippen LogP contribution in [0.3, 0.4) is 0 Å². The topological polar surface area (TPSA) is 153 Å². The number of rotatable bonds is 8. The summed E-state index contributed by atoms with van der Waals surface area (Å²) in [7, 11) is 1.10. The highest BCUT2D eigenvalue weighted by Crippen LogP contribution is 2.10. The largest absolute Gasteiger partial charge is 0.468 e. The number of benzene rings is 1. The Labute approximate surface area is 187 Å². The van der Waals surface area contributed by atoms with Crippen LogP contribution < -0.4 is 17.0 Å². The molecule has 0 unspecified atom stereocenters. The quantitative estimate of drug-likeness (QED) is 0.374. The lowest BCUT2D eigenvalue weighted by molar-refractivity contribution is -0.141. The van der Waals surface area contributed by atoms with E-state index in [2.05, 4.69) is 9.72 Å². The molecule has 11 heteroatoms. The molecule has 0 amide bonds. The van der Waals surface area contributed by atoms with Crippen molar-refractivity contribution in [2.45, 2.75) is 13.1 Å². The van der Waals surface area contributed by atoms with Crippen molar-refractivity contribution >= 4 is 23.5 Å². The van der Waals surface area contributed by atoms with Gasteiger partial charge in [-0.3, -0.25) is 23.9 Å². The molecule has 3 aromatic rings. The highest BCUT2D eigenvalue weighted by Gasteiger charge is 2.25. The van der Waals surface area contributed by atoms with Gasteiger partial charge >= 0.3 is 17.6 Å². The van der Waals surface area contributed by atoms with Gasteiger partial charge < -0.3 is 15.2 Å². The summed E-state index contributed by atoms with van der Waals surface area (Å²) < 4.78 is 11.1. The van der Waals surface area contributed by atoms with Gasteiger partial charge in [-0.1, -0.05) is 30.3 Å². The number of ketones is 1. The first kappa shape index (κ1) is 23.1. The number of carbonyl (C=O) groups excluding carboxylic acids is 3. The third-order valence-corrected chi connectivity index (χ3v) is 4.70. The predicted molar refractivity (Wildman–Crippen MR) is 116 cm³/mol. The van der Waals surface area contributed by atoms with E-state index in [4.69, 9.17) is 10.5 Å². The fraction of sp³-hybridized carbons (Fsp3) is 0.182. The van der Waals surface area contributed by atoms with Gasteiger partial charge in [0.05, 0.1) is 19.2 Å². The zero-order chi connectivity index (χ0) is 24.0. The van der Waals surface area contributed by atoms with Crippen LogP contribution >= 0.6 is 0 Å². The fourth-order valence-corrected chi connectivity index (χ4v) is 3.00. The first-order chi connectivity index (χ1) is 15.8. The van der Waals surface area contributed by atoms with E-state index < -0.39 is 53.5 Å². The van der Waals surface area contributed by atoms with Gasteiger partial charge in [0.2, 0.25) is 5.78 Å². The summed E-state index contributed by atoms with van der Waals surface area (Å²) in [5, 5.41) is 0. The maximum Gasteiger partial charge on any atom is 0.338 e. The smallest absolute Gasteiger partial charge is 0.338 e. The van der Waals surface area contributed by atoms with Gasteiger partial charge in [0.1, 0.15) is 17.9 Å². The van der Waals surface area contributed by atoms with Crippen molar-refractivity contribution in [3.05, 3.63) is 92.4 Å². The first-order valence-corrected chi connectivity index (χ1v) is 9.67. The van der Waals surface area contributed by atoms with Crippen molar-refractivity contribution in [2.75, 3.05) is 19.5 Å². The number of aromatic nitrogens is 3. The summed E-state index contributed by atoms with van der Waals surface area (Å²) in [5.74, 6) is -3.01. The fourth-order valence-electron chi connectivity index (χ4n) is 3.00. The minimum Gasteiger partial charge on any atom is -0.468 e. The van der Waals surface area contributed by atoms with E-state index in [1.54, 1.807) is 30.3 Å². The van der Waals surface area contributed by atoms with Gasteiger partial charge in [0.15, 0.2) is 6.61 Å². The zero-order valence-corrected chi connectivity index (χ0v) is 17.6. The lowest BCUT2D eigenvalue weighted by Gasteiger charge is -2.16. The Bertz CT molecular complexity index is 1300. The maximum absolute atomic E-state index is 12.9. The number of methoxy groups -OCH3 is 1. The number of ether oxygens (including phenoxy) is 2. The highest BCUT2D eigenvalue weighted by atomic mass is 16.5. The molecule has 0 aliphatic heterocycles. The molecule has 0 bridgehead atoms. The highest BCUT2D eigenvalue weighted by molar-refractivity contribution is 6.02. The Morgan fingerprint density at radius 1 is 1.00 bits per heavy atom. The number of pyridine rings is 1. The molecule has 11 nitrogen and oxygen atoms in total. The van der Waals surface area contributed by atoms with Crippen molar-refractivity contribution in [3.8, 4) is 0 Å². The van der Waals surface area contributed by atoms with Gasteiger partial charge in [-0.15, -0.1) is 0 Å². The summed E-state index contributed by atoms with van der Waals surface area (Å²) in [6.45, 7) is -1.59. The minimum absolute atomic E-state index is 0.0654. The second-order valence-corrected chi connectivity index (χ2v) is 6.82. The molecule has 0 aliphatic carbocycles. The molecule has 0 saturated carbocycles. The molecular formula is C22H20N4O7. The number of carbonyl (C=O) groups is 3. The van der Waals surface area contributed by atoms with Gasteiger partial charge in [-0.25, -0.2) is 14.2 Å². The Morgan fingerprint density at radius 3 is 2.30 bits per heavy atom. The zero-order valence-electron chi connectivity index (χ0n) is 17.6. The average molecular weight is 452 g/mol. The van der Waals surface area contributed by atoms with Gasteiger partial charge in [0, 0.05) is 12.4 Å². The van der Waals surface area contributed by atoms with Crippen molar-refractivity contribution < 1.29 is 23.9 Å². The van der Waals surface area contributed by atoms with E-state index in [0.29, 0.717) is 10.1 Å². The van der Waals surface area contributed by atoms with Crippen molar-refractivity contribution in [3.63, 3.8) is 0 Å². The molecule has 2 heterocycles. The molecule has 2 N–H and O–H groups in total. The third-order valence-electron chi connectivity index (χ3n) is 4.70. The predicted octanol–water partition coefficient (Wildman–Crippen LogP) is 0.248. The van der Waals surface area contributed by atoms with E-state index in [-0.39, 0.29) is 12.1 Å². The molecular weight excluding hydrogens is 432 g/mol. The van der Waals surface area contributed by atoms with Gasteiger partial charge in [-0.05, 0) is 17.7 Å². The Kier molecular flexibility index (Phi) is 7.13. The number of hydrogen-bond acceptors (Lipinski definition) is 9. The summed E-state index contributed by atoms with van der Waals surface area (Å²) in [6.07, 6.45) is 2.75. The molecule has 170 valence electrons. The number of Topliss-reactive ketones (excluding diaryl/α,β-unsaturated/α-hetero) is 1. The molecule has 1 aromatic carbocycles. The number of hydrogen-bond donors (Lipinski definition) is 1. The molecule has 3 rings (SSSR count). The Hall–Kier alpha value is -4.54. The second-order valence-electron chi connectivity index (χ2n) is 6.82. The lowest BCUT2D eigenvalue weighted by Crippen LogP contribution is -2.46. The van der Waals surface area contributed by atoms with Crippen LogP contribution in [0.2, 0.25) is 0 Å². The SMILES string of the molecule is COC(=O)Cn1c(=O)c(C(=O)COC(=O)c2ccncc2)c(N)n(Cc2ccccc2)c1=O. The molecule has 0 fully saturated rings. The molecule has 0 atom stereocenters. The minimum atomic E-state index is -1.09. The van der Waals surface area contributed by atoms with E-state index in [1.807, 2.05) is 0 Å². The molecule has 0 spiro atoms. The Morgan fingerprint density at radius 2 is 1.67 bits per heavy atom. The van der Waals surface area contributed by atoms with E-state index in [1.165, 1.54) is 24.5 Å². The number of nitrogen functional groups attached to an aromatic ring is 1. The van der Waals surface area contributed by atoms with Crippen LogP contribution in [0.1, 0.15) is 26.3 Å². The molecule has 0 aliphatic rings. The van der Waals surface area contributed by atoms with Crippen LogP contribution in [0.25, 0.3) is 0 Å². The normalized spacial score (nSPS) is 10.5. The lowest BCUT2D eigenvalue weighted by atomic mass is 10.1. The first-order valence-electron chi connectivity index (χ1n) is 9.67. The summed E-state index contributed by atoms with van der Waals surface area (Å²) in [6, 6.07) is 11.5. The van der Waals surface area contributed by atoms with Crippen molar-refractivity contribution in [2.24, 2.45) is 0 Å². The van der Waals surface area contributed by atoms with Crippen LogP contribution in [0.5, 0.6) is 0 Å². The van der Waals surface area contributed by atoms with Crippen LogP contribution in [-0.4, -0.2) is 45.6 Å². The number of nitrogens with zero attached hydrogens (tertiary/aromatic N) is 3. The summed E-state index contributed by atoms with van der Waals surface area (Å²) in [4.78, 5) is 66.4. The van der Waals surface area contributed by atoms with Crippen molar-refractivity contribution in [1.29, 1.82) is 0 Å². The van der Waals surface area contributed by atoms with Crippen LogP contribution in [-0.2, 0) is 27.4 Å². The Balaban J connectivity index is 2.00. The number of esters is 2. The van der Waals surface area contributed by atoms with E-state index >= 15 is 0 Å². The molecule has 33 heavy (non-hydrogen) atoms. The maximum atomic E-state index is 12.9. The van der Waals surface area contributed by atoms with E-state index in [9.17, 15) is 24.0 Å². The van der Waals surface area contributed by atoms with Gasteiger partial charge in [-0.2, -0.15) is 0 Å². The monoisotopic (exact) mass is 452 g/mol. The van der Waals surface area contributed by atoms with Crippen LogP contribution in [0, 0.1) is 0 Å². The van der Waals surface area contributed by atoms with Crippen molar-refractivity contribution in [1.82, 2.24) is 14.1 Å². The van der Waals surface area contributed by atoms with E-state index in [0.717, 1.165) is 11.7 Å². The number of anilines is 1. The van der Waals surface area contributed by atoms with Crippen LogP contribution in [0.4, 0.5) is 5.82 Å². The third kappa shape index (κ3) is 5.21. The standard InChI is InChI=1S/C22H20N4O7/c1-32-17(28)12-26-20(29)18(16(27)13-33-21(30)15-7-9-24-10-8-15)19(23)25(22(26)31)11-14-5-3-2-4-6-14/h2-10H,11-13,23H2,1H3. The van der Waals surface area contributed by atoms with Crippen LogP contribution in [0.15, 0.2) is 64.4 Å². The second kappa shape index (κ2) is 10.2. The summed E-state index contributed by atoms with van der Waals surface area (Å²) >= 11 is 0. The number of nitrogens with two attached hydrogens (primary N) is 1. The molecule has 0 saturated heterocycles.